The molecule has 0 heterocycles. The van der Waals surface area contributed by atoms with Crippen LogP contribution in [0.1, 0.15) is 11.1 Å². The van der Waals surface area contributed by atoms with Crippen LogP contribution in [0.15, 0.2) is 42.5 Å². The summed E-state index contributed by atoms with van der Waals surface area (Å²) in [6.07, 6.45) is 5.01. The minimum atomic E-state index is 1.18. The third-order valence-corrected chi connectivity index (χ3v) is 2.61. The van der Waals surface area contributed by atoms with Gasteiger partial charge in [0, 0.05) is 6.21 Å². The maximum Gasteiger partial charge on any atom is 0.0177 e. The molecule has 1 nitrogen and oxygen atoms in total. The van der Waals surface area contributed by atoms with Gasteiger partial charge in [0.05, 0.1) is 0 Å². The lowest BCUT2D eigenvalue weighted by atomic mass is 10.00. The lowest BCUT2D eigenvalue weighted by Crippen LogP contribution is -1.83. The van der Waals surface area contributed by atoms with Gasteiger partial charge in [-0.25, -0.2) is 0 Å². The molecule has 0 aromatic heterocycles. The molecule has 2 aromatic carbocycles. The summed E-state index contributed by atoms with van der Waals surface area (Å²) in [7, 11) is 0. The maximum absolute atomic E-state index is 6.97. The average molecular weight is 195 g/mol. The van der Waals surface area contributed by atoms with Gasteiger partial charge in [-0.3, -0.25) is 0 Å². The molecule has 0 unspecified atom stereocenters. The van der Waals surface area contributed by atoms with E-state index in [1.54, 1.807) is 6.08 Å². The van der Waals surface area contributed by atoms with Gasteiger partial charge in [0.15, 0.2) is 0 Å². The van der Waals surface area contributed by atoms with E-state index in [4.69, 9.17) is 5.41 Å². The molecule has 2 rings (SSSR count). The Kier molecular flexibility index (Phi) is 2.64. The van der Waals surface area contributed by atoms with Crippen molar-refractivity contribution in [2.45, 2.75) is 6.92 Å². The van der Waals surface area contributed by atoms with Gasteiger partial charge in [-0.2, -0.15) is 0 Å². The molecule has 15 heavy (non-hydrogen) atoms. The summed E-state index contributed by atoms with van der Waals surface area (Å²) in [5, 5.41) is 9.52. The first kappa shape index (κ1) is 9.66. The predicted molar refractivity (Wildman–Crippen MR) is 66.5 cm³/mol. The number of rotatable bonds is 2. The molecule has 0 bridgehead atoms. The minimum Gasteiger partial charge on any atom is -0.309 e. The Hall–Kier alpha value is -1.89. The topological polar surface area (TPSA) is 23.9 Å². The molecule has 1 heteroatoms. The highest BCUT2D eigenvalue weighted by Crippen LogP contribution is 2.22. The van der Waals surface area contributed by atoms with Crippen molar-refractivity contribution in [2.75, 3.05) is 0 Å². The Morgan fingerprint density at radius 3 is 2.67 bits per heavy atom. The molecule has 0 aliphatic heterocycles. The molecule has 0 saturated carbocycles. The van der Waals surface area contributed by atoms with Crippen LogP contribution in [0.4, 0.5) is 0 Å². The van der Waals surface area contributed by atoms with Crippen molar-refractivity contribution < 1.29 is 0 Å². The summed E-state index contributed by atoms with van der Waals surface area (Å²) in [4.78, 5) is 0. The second-order valence-corrected chi connectivity index (χ2v) is 3.53. The van der Waals surface area contributed by atoms with Gasteiger partial charge in [0.2, 0.25) is 0 Å². The van der Waals surface area contributed by atoms with Crippen molar-refractivity contribution in [3.05, 3.63) is 53.6 Å². The van der Waals surface area contributed by atoms with Gasteiger partial charge in [0.1, 0.15) is 0 Å². The highest BCUT2D eigenvalue weighted by Gasteiger charge is 1.99. The fraction of sp³-hybridized carbons (Fsp3) is 0.0714. The van der Waals surface area contributed by atoms with E-state index in [0.29, 0.717) is 0 Å². The van der Waals surface area contributed by atoms with Crippen molar-refractivity contribution in [1.82, 2.24) is 0 Å². The van der Waals surface area contributed by atoms with Crippen LogP contribution in [0.5, 0.6) is 0 Å². The van der Waals surface area contributed by atoms with Gasteiger partial charge in [0.25, 0.3) is 0 Å². The zero-order valence-electron chi connectivity index (χ0n) is 8.70. The second kappa shape index (κ2) is 4.09. The lowest BCUT2D eigenvalue weighted by molar-refractivity contribution is 1.50. The van der Waals surface area contributed by atoms with E-state index >= 15 is 0 Å². The van der Waals surface area contributed by atoms with Crippen molar-refractivity contribution in [3.8, 4) is 0 Å². The number of aryl methyl sites for hydroxylation is 1. The van der Waals surface area contributed by atoms with E-state index in [0.717, 1.165) is 0 Å². The summed E-state index contributed by atoms with van der Waals surface area (Å²) < 4.78 is 0. The van der Waals surface area contributed by atoms with Crippen LogP contribution in [0.2, 0.25) is 0 Å². The van der Waals surface area contributed by atoms with Crippen molar-refractivity contribution in [3.63, 3.8) is 0 Å². The fourth-order valence-corrected chi connectivity index (χ4v) is 1.78. The first-order valence-electron chi connectivity index (χ1n) is 4.98. The number of hydrogen-bond donors (Lipinski definition) is 1. The largest absolute Gasteiger partial charge is 0.309 e. The van der Waals surface area contributed by atoms with Gasteiger partial charge < -0.3 is 5.41 Å². The molecular formula is C14H13N. The number of fused-ring (bicyclic) bond motifs is 1. The Morgan fingerprint density at radius 2 is 1.87 bits per heavy atom. The molecule has 74 valence electrons. The van der Waals surface area contributed by atoms with E-state index in [9.17, 15) is 0 Å². The smallest absolute Gasteiger partial charge is 0.0177 e. The first-order chi connectivity index (χ1) is 7.33. The number of allylic oxidation sites excluding steroid dienone is 1. The Morgan fingerprint density at radius 1 is 1.07 bits per heavy atom. The van der Waals surface area contributed by atoms with Crippen molar-refractivity contribution in [2.24, 2.45) is 0 Å². The molecule has 2 aromatic rings. The molecule has 0 radical (unpaired) electrons. The van der Waals surface area contributed by atoms with Gasteiger partial charge in [-0.1, -0.05) is 42.5 Å². The fourth-order valence-electron chi connectivity index (χ4n) is 1.78. The minimum absolute atomic E-state index is 1.18. The number of benzene rings is 2. The van der Waals surface area contributed by atoms with Crippen LogP contribution >= 0.6 is 0 Å². The van der Waals surface area contributed by atoms with Crippen LogP contribution in [-0.4, -0.2) is 6.21 Å². The summed E-state index contributed by atoms with van der Waals surface area (Å²) in [5.41, 5.74) is 2.45. The summed E-state index contributed by atoms with van der Waals surface area (Å²) in [5.74, 6) is 0. The molecule has 0 amide bonds. The van der Waals surface area contributed by atoms with Crippen LogP contribution < -0.4 is 0 Å². The first-order valence-corrected chi connectivity index (χ1v) is 4.98. The summed E-state index contributed by atoms with van der Waals surface area (Å²) in [6.45, 7) is 2.12. The van der Waals surface area contributed by atoms with Crippen LogP contribution in [0, 0.1) is 12.3 Å². The molecule has 0 saturated heterocycles. The Balaban J connectivity index is 2.64. The molecule has 1 N–H and O–H groups in total. The maximum atomic E-state index is 6.97. The average Bonchev–Trinajstić information content (AvgIpc) is 2.29. The predicted octanol–water partition coefficient (Wildman–Crippen LogP) is 3.81. The molecule has 0 aliphatic rings. The molecular weight excluding hydrogens is 182 g/mol. The van der Waals surface area contributed by atoms with Gasteiger partial charge in [-0.15, -0.1) is 0 Å². The second-order valence-electron chi connectivity index (χ2n) is 3.53. The van der Waals surface area contributed by atoms with Crippen molar-refractivity contribution >= 4 is 23.1 Å². The van der Waals surface area contributed by atoms with Crippen molar-refractivity contribution in [1.29, 1.82) is 5.41 Å². The lowest BCUT2D eigenvalue weighted by Gasteiger charge is -2.05. The summed E-state index contributed by atoms with van der Waals surface area (Å²) in [6, 6.07) is 12.6. The van der Waals surface area contributed by atoms with E-state index in [2.05, 4.69) is 43.3 Å². The third kappa shape index (κ3) is 1.82. The van der Waals surface area contributed by atoms with E-state index in [1.807, 2.05) is 6.08 Å². The highest BCUT2D eigenvalue weighted by molar-refractivity contribution is 5.89. The normalized spacial score (nSPS) is 11.0. The van der Waals surface area contributed by atoms with Crippen LogP contribution in [-0.2, 0) is 0 Å². The van der Waals surface area contributed by atoms with E-state index in [-0.39, 0.29) is 0 Å². The van der Waals surface area contributed by atoms with Gasteiger partial charge in [-0.05, 0) is 34.9 Å². The van der Waals surface area contributed by atoms with Crippen LogP contribution in [0.25, 0.3) is 16.8 Å². The molecule has 0 fully saturated rings. The number of nitrogens with one attached hydrogen (secondary N) is 1. The van der Waals surface area contributed by atoms with E-state index in [1.165, 1.54) is 28.1 Å². The van der Waals surface area contributed by atoms with Gasteiger partial charge >= 0.3 is 0 Å². The zero-order chi connectivity index (χ0) is 10.7. The monoisotopic (exact) mass is 195 g/mol. The highest BCUT2D eigenvalue weighted by atomic mass is 14.3. The quantitative estimate of drug-likeness (QED) is 0.704. The summed E-state index contributed by atoms with van der Waals surface area (Å²) >= 11 is 0. The Labute approximate surface area is 89.6 Å². The van der Waals surface area contributed by atoms with Crippen LogP contribution in [0.3, 0.4) is 0 Å². The molecule has 0 atom stereocenters. The zero-order valence-corrected chi connectivity index (χ0v) is 8.70. The standard InChI is InChI=1S/C14H13N/c1-11-12(6-4-10-15)8-9-13-5-2-3-7-14(11)13/h2-10,15H,1H3/b6-4-,15-10?. The Bertz CT molecular complexity index is 524. The molecule has 0 aliphatic carbocycles. The number of hydrogen-bond acceptors (Lipinski definition) is 1. The third-order valence-electron chi connectivity index (χ3n) is 2.61. The van der Waals surface area contributed by atoms with E-state index < -0.39 is 0 Å². The SMILES string of the molecule is Cc1c(/C=C\C=N)ccc2ccccc12. The molecule has 0 spiro atoms.